The fourth-order valence-electron chi connectivity index (χ4n) is 1.43. The molecule has 0 heterocycles. The third kappa shape index (κ3) is 4.44. The van der Waals surface area contributed by atoms with Crippen LogP contribution < -0.4 is 0 Å². The zero-order valence-corrected chi connectivity index (χ0v) is 11.6. The van der Waals surface area contributed by atoms with E-state index < -0.39 is 4.92 Å². The minimum atomic E-state index is -0.435. The zero-order valence-electron chi connectivity index (χ0n) is 9.97. The van der Waals surface area contributed by atoms with Crippen LogP contribution in [0.4, 0.5) is 5.69 Å². The molecule has 0 aromatic heterocycles. The van der Waals surface area contributed by atoms with Gasteiger partial charge in [-0.05, 0) is 25.3 Å². The van der Waals surface area contributed by atoms with Crippen molar-refractivity contribution in [1.82, 2.24) is 0 Å². The number of rotatable bonds is 6. The Bertz CT molecular complexity index is 419. The van der Waals surface area contributed by atoms with E-state index in [0.717, 1.165) is 5.56 Å². The first-order chi connectivity index (χ1) is 8.54. The molecule has 1 aromatic rings. The molecule has 0 aliphatic heterocycles. The van der Waals surface area contributed by atoms with Gasteiger partial charge >= 0.3 is 5.97 Å². The lowest BCUT2D eigenvalue weighted by molar-refractivity contribution is -0.384. The lowest BCUT2D eigenvalue weighted by Crippen LogP contribution is -2.17. The van der Waals surface area contributed by atoms with Gasteiger partial charge in [0.2, 0.25) is 0 Å². The molecule has 0 bridgehead atoms. The predicted molar refractivity (Wildman–Crippen MR) is 70.8 cm³/mol. The van der Waals surface area contributed by atoms with Crippen molar-refractivity contribution < 1.29 is 14.5 Å². The molecule has 1 rings (SSSR count). The standard InChI is InChI=1S/C12H14BrNO4/c1-2-18-12(15)11(13)8-5-9-3-6-10(7-4-9)14(16)17/h3-4,6-7,11H,2,5,8H2,1H3/t11-/m1/s1. The third-order valence-corrected chi connectivity index (χ3v) is 3.21. The summed E-state index contributed by atoms with van der Waals surface area (Å²) in [5, 5.41) is 10.5. The molecule has 1 atom stereocenters. The fourth-order valence-corrected chi connectivity index (χ4v) is 1.79. The lowest BCUT2D eigenvalue weighted by Gasteiger charge is -2.08. The maximum atomic E-state index is 11.3. The topological polar surface area (TPSA) is 69.4 Å². The molecule has 0 N–H and O–H groups in total. The monoisotopic (exact) mass is 315 g/mol. The van der Waals surface area contributed by atoms with Gasteiger partial charge in [-0.15, -0.1) is 0 Å². The Kier molecular flexibility index (Phi) is 5.77. The van der Waals surface area contributed by atoms with Crippen molar-refractivity contribution in [2.24, 2.45) is 0 Å². The number of carbonyl (C=O) groups excluding carboxylic acids is 1. The Morgan fingerprint density at radius 2 is 2.06 bits per heavy atom. The van der Waals surface area contributed by atoms with Crippen LogP contribution in [0.25, 0.3) is 0 Å². The van der Waals surface area contributed by atoms with E-state index in [0.29, 0.717) is 19.4 Å². The quantitative estimate of drug-likeness (QED) is 0.350. The van der Waals surface area contributed by atoms with Crippen molar-refractivity contribution in [3.63, 3.8) is 0 Å². The van der Waals surface area contributed by atoms with Crippen molar-refractivity contribution in [2.45, 2.75) is 24.6 Å². The maximum Gasteiger partial charge on any atom is 0.319 e. The first kappa shape index (κ1) is 14.6. The van der Waals surface area contributed by atoms with Crippen LogP contribution in [0.3, 0.4) is 0 Å². The summed E-state index contributed by atoms with van der Waals surface area (Å²) in [5.41, 5.74) is 1.02. The Morgan fingerprint density at radius 1 is 1.44 bits per heavy atom. The second-order valence-electron chi connectivity index (χ2n) is 3.68. The third-order valence-electron chi connectivity index (χ3n) is 2.38. The summed E-state index contributed by atoms with van der Waals surface area (Å²) in [4.78, 5) is 21.1. The molecule has 0 saturated heterocycles. The summed E-state index contributed by atoms with van der Waals surface area (Å²) in [6.07, 6.45) is 1.25. The number of benzene rings is 1. The Labute approximate surface area is 113 Å². The molecule has 0 amide bonds. The van der Waals surface area contributed by atoms with Gasteiger partial charge in [0.25, 0.3) is 5.69 Å². The van der Waals surface area contributed by atoms with Crippen LogP contribution in [0, 0.1) is 10.1 Å². The number of nitro groups is 1. The van der Waals surface area contributed by atoms with Gasteiger partial charge in [0.15, 0.2) is 0 Å². The van der Waals surface area contributed by atoms with Crippen LogP contribution in [0.2, 0.25) is 0 Å². The van der Waals surface area contributed by atoms with Crippen molar-refractivity contribution in [2.75, 3.05) is 6.61 Å². The van der Waals surface area contributed by atoms with Crippen LogP contribution in [-0.4, -0.2) is 22.3 Å². The van der Waals surface area contributed by atoms with E-state index in [2.05, 4.69) is 15.9 Å². The molecule has 98 valence electrons. The largest absolute Gasteiger partial charge is 0.465 e. The SMILES string of the molecule is CCOC(=O)[C@H](Br)CCc1ccc([N+](=O)[O-])cc1. The lowest BCUT2D eigenvalue weighted by atomic mass is 10.1. The van der Waals surface area contributed by atoms with Gasteiger partial charge in [0.1, 0.15) is 4.83 Å². The van der Waals surface area contributed by atoms with Crippen molar-refractivity contribution in [3.8, 4) is 0 Å². The van der Waals surface area contributed by atoms with Gasteiger partial charge in [-0.1, -0.05) is 28.1 Å². The first-order valence-corrected chi connectivity index (χ1v) is 6.50. The smallest absolute Gasteiger partial charge is 0.319 e. The zero-order chi connectivity index (χ0) is 13.5. The average Bonchev–Trinajstić information content (AvgIpc) is 2.36. The fraction of sp³-hybridized carbons (Fsp3) is 0.417. The summed E-state index contributed by atoms with van der Waals surface area (Å²) in [7, 11) is 0. The molecule has 0 aliphatic carbocycles. The van der Waals surface area contributed by atoms with E-state index in [1.807, 2.05) is 0 Å². The van der Waals surface area contributed by atoms with E-state index in [-0.39, 0.29) is 16.5 Å². The van der Waals surface area contributed by atoms with Gasteiger partial charge < -0.3 is 4.74 Å². The first-order valence-electron chi connectivity index (χ1n) is 5.58. The van der Waals surface area contributed by atoms with Gasteiger partial charge in [0.05, 0.1) is 11.5 Å². The molecule has 18 heavy (non-hydrogen) atoms. The molecular formula is C12H14BrNO4. The number of hydrogen-bond acceptors (Lipinski definition) is 4. The van der Waals surface area contributed by atoms with Gasteiger partial charge in [-0.2, -0.15) is 0 Å². The van der Waals surface area contributed by atoms with Gasteiger partial charge in [-0.25, -0.2) is 0 Å². The van der Waals surface area contributed by atoms with E-state index in [1.165, 1.54) is 12.1 Å². The summed E-state index contributed by atoms with van der Waals surface area (Å²) in [6, 6.07) is 6.32. The molecule has 1 aromatic carbocycles. The van der Waals surface area contributed by atoms with E-state index in [1.54, 1.807) is 19.1 Å². The number of esters is 1. The highest BCUT2D eigenvalue weighted by Crippen LogP contribution is 2.16. The Balaban J connectivity index is 2.48. The number of nitrogens with zero attached hydrogens (tertiary/aromatic N) is 1. The number of halogens is 1. The second kappa shape index (κ2) is 7.10. The van der Waals surface area contributed by atoms with Gasteiger partial charge in [-0.3, -0.25) is 14.9 Å². The molecule has 0 saturated carbocycles. The highest BCUT2D eigenvalue weighted by Gasteiger charge is 2.15. The number of hydrogen-bond donors (Lipinski definition) is 0. The average molecular weight is 316 g/mol. The molecule has 6 heteroatoms. The Hall–Kier alpha value is -1.43. The summed E-state index contributed by atoms with van der Waals surface area (Å²) >= 11 is 3.26. The van der Waals surface area contributed by atoms with Crippen molar-refractivity contribution in [3.05, 3.63) is 39.9 Å². The minimum absolute atomic E-state index is 0.0690. The van der Waals surface area contributed by atoms with Crippen LogP contribution in [0.15, 0.2) is 24.3 Å². The molecular weight excluding hydrogens is 302 g/mol. The number of carbonyl (C=O) groups is 1. The molecule has 0 fully saturated rings. The van der Waals surface area contributed by atoms with Crippen LogP contribution in [0.5, 0.6) is 0 Å². The second-order valence-corrected chi connectivity index (χ2v) is 4.79. The molecule has 0 aliphatic rings. The summed E-state index contributed by atoms with van der Waals surface area (Å²) < 4.78 is 4.87. The highest BCUT2D eigenvalue weighted by molar-refractivity contribution is 9.10. The van der Waals surface area contributed by atoms with E-state index in [4.69, 9.17) is 4.74 Å². The molecule has 0 unspecified atom stereocenters. The normalized spacial score (nSPS) is 11.9. The number of nitro benzene ring substituents is 1. The van der Waals surface area contributed by atoms with Crippen LogP contribution >= 0.6 is 15.9 Å². The van der Waals surface area contributed by atoms with Crippen molar-refractivity contribution in [1.29, 1.82) is 0 Å². The molecule has 0 radical (unpaired) electrons. The Morgan fingerprint density at radius 3 is 2.56 bits per heavy atom. The van der Waals surface area contributed by atoms with E-state index >= 15 is 0 Å². The van der Waals surface area contributed by atoms with Crippen LogP contribution in [0.1, 0.15) is 18.9 Å². The minimum Gasteiger partial charge on any atom is -0.465 e. The maximum absolute atomic E-state index is 11.3. The highest BCUT2D eigenvalue weighted by atomic mass is 79.9. The van der Waals surface area contributed by atoms with Crippen LogP contribution in [-0.2, 0) is 16.0 Å². The number of ether oxygens (including phenoxy) is 1. The molecule has 0 spiro atoms. The predicted octanol–water partition coefficient (Wildman–Crippen LogP) is 2.85. The number of aryl methyl sites for hydroxylation is 1. The molecule has 5 nitrogen and oxygen atoms in total. The summed E-state index contributed by atoms with van der Waals surface area (Å²) in [6.45, 7) is 2.12. The van der Waals surface area contributed by atoms with Gasteiger partial charge in [0, 0.05) is 12.1 Å². The number of alkyl halides is 1. The van der Waals surface area contributed by atoms with Crippen molar-refractivity contribution >= 4 is 27.6 Å². The number of non-ortho nitro benzene ring substituents is 1. The van der Waals surface area contributed by atoms with E-state index in [9.17, 15) is 14.9 Å². The summed E-state index contributed by atoms with van der Waals surface area (Å²) in [5.74, 6) is -0.278.